The summed E-state index contributed by atoms with van der Waals surface area (Å²) in [6, 6.07) is 0. The molecule has 1 aliphatic heterocycles. The largest absolute Gasteiger partial charge is 0.459 e. The van der Waals surface area contributed by atoms with Crippen molar-refractivity contribution < 1.29 is 24.2 Å². The second-order valence-corrected chi connectivity index (χ2v) is 8.15. The minimum absolute atomic E-state index is 0.281. The van der Waals surface area contributed by atoms with Gasteiger partial charge in [-0.2, -0.15) is 0 Å². The fourth-order valence-electron chi connectivity index (χ4n) is 3.83. The third-order valence-electron chi connectivity index (χ3n) is 5.58. The molecule has 0 bridgehead atoms. The predicted molar refractivity (Wildman–Crippen MR) is 104 cm³/mol. The number of carbonyl (C=O) groups excluding carboxylic acids is 2. The molecule has 0 saturated carbocycles. The average Bonchev–Trinajstić information content (AvgIpc) is 2.80. The quantitative estimate of drug-likeness (QED) is 0.425. The van der Waals surface area contributed by atoms with E-state index in [2.05, 4.69) is 25.7 Å². The van der Waals surface area contributed by atoms with Gasteiger partial charge in [0.1, 0.15) is 12.2 Å². The highest BCUT2D eigenvalue weighted by molar-refractivity contribution is 5.90. The Morgan fingerprint density at radius 2 is 1.96 bits per heavy atom. The van der Waals surface area contributed by atoms with Crippen molar-refractivity contribution >= 4 is 11.9 Å². The molecule has 150 valence electrons. The Morgan fingerprint density at radius 3 is 2.63 bits per heavy atom. The standard InChI is InChI=1S/C22H32O5/c1-14-8-6-9-15(2)12-19-18(16(3)21(24)27-19)13-20(26-17(4)23)22(5,25)11-7-10-14/h9-10,18-20,25H,3,6-8,11-13H2,1-2,4-5H3/b14-10+,15-9+. The molecule has 27 heavy (non-hydrogen) atoms. The minimum Gasteiger partial charge on any atom is -0.459 e. The smallest absolute Gasteiger partial charge is 0.334 e. The fraction of sp³-hybridized carbons (Fsp3) is 0.636. The predicted octanol–water partition coefficient (Wildman–Crippen LogP) is 4.01. The Balaban J connectivity index is 2.34. The van der Waals surface area contributed by atoms with Crippen molar-refractivity contribution in [3.63, 3.8) is 0 Å². The second kappa shape index (κ2) is 8.87. The van der Waals surface area contributed by atoms with Crippen LogP contribution in [0.1, 0.15) is 66.2 Å². The topological polar surface area (TPSA) is 72.8 Å². The summed E-state index contributed by atoms with van der Waals surface area (Å²) in [5.74, 6) is -1.13. The molecule has 1 heterocycles. The molecular formula is C22H32O5. The normalized spacial score (nSPS) is 37.1. The Morgan fingerprint density at radius 1 is 1.30 bits per heavy atom. The highest BCUT2D eigenvalue weighted by Crippen LogP contribution is 2.37. The van der Waals surface area contributed by atoms with E-state index >= 15 is 0 Å². The summed E-state index contributed by atoms with van der Waals surface area (Å²) in [6.07, 6.45) is 7.25. The van der Waals surface area contributed by atoms with Crippen molar-refractivity contribution in [2.45, 2.75) is 84.0 Å². The lowest BCUT2D eigenvalue weighted by Gasteiger charge is -2.34. The van der Waals surface area contributed by atoms with Gasteiger partial charge in [0.2, 0.25) is 0 Å². The van der Waals surface area contributed by atoms with Crippen molar-refractivity contribution in [1.29, 1.82) is 0 Å². The first-order valence-electron chi connectivity index (χ1n) is 9.70. The molecule has 0 aromatic heterocycles. The van der Waals surface area contributed by atoms with Crippen LogP contribution in [-0.4, -0.2) is 34.9 Å². The van der Waals surface area contributed by atoms with Gasteiger partial charge in [0.15, 0.2) is 0 Å². The SMILES string of the molecule is C=C1C(=O)OC2C/C(C)=C/CC/C(C)=C/CCC(C)(O)C(OC(C)=O)CC12. The van der Waals surface area contributed by atoms with Gasteiger partial charge in [-0.3, -0.25) is 4.79 Å². The maximum absolute atomic E-state index is 12.1. The summed E-state index contributed by atoms with van der Waals surface area (Å²) in [5, 5.41) is 11.0. The van der Waals surface area contributed by atoms with E-state index in [-0.39, 0.29) is 12.0 Å². The van der Waals surface area contributed by atoms with Crippen LogP contribution >= 0.6 is 0 Å². The zero-order valence-corrected chi connectivity index (χ0v) is 16.9. The first kappa shape index (κ1) is 21.4. The van der Waals surface area contributed by atoms with E-state index in [0.29, 0.717) is 31.3 Å². The molecule has 1 saturated heterocycles. The van der Waals surface area contributed by atoms with Gasteiger partial charge in [-0.1, -0.05) is 29.9 Å². The average molecular weight is 376 g/mol. The molecule has 4 unspecified atom stereocenters. The molecule has 0 aromatic carbocycles. The lowest BCUT2D eigenvalue weighted by molar-refractivity contribution is -0.164. The van der Waals surface area contributed by atoms with Crippen LogP contribution in [0.3, 0.4) is 0 Å². The van der Waals surface area contributed by atoms with Gasteiger partial charge in [-0.15, -0.1) is 0 Å². The highest BCUT2D eigenvalue weighted by atomic mass is 16.6. The number of fused-ring (bicyclic) bond motifs is 1. The molecular weight excluding hydrogens is 344 g/mol. The van der Waals surface area contributed by atoms with Gasteiger partial charge in [0, 0.05) is 24.8 Å². The Bertz CT molecular complexity index is 656. The van der Waals surface area contributed by atoms with E-state index in [1.807, 2.05) is 6.92 Å². The molecule has 5 nitrogen and oxygen atoms in total. The van der Waals surface area contributed by atoms with Crippen LogP contribution in [0.4, 0.5) is 0 Å². The van der Waals surface area contributed by atoms with Crippen LogP contribution in [0, 0.1) is 5.92 Å². The molecule has 0 aromatic rings. The molecule has 5 heteroatoms. The number of hydrogen-bond donors (Lipinski definition) is 1. The Hall–Kier alpha value is -1.88. The Labute approximate surface area is 162 Å². The first-order valence-corrected chi connectivity index (χ1v) is 9.70. The van der Waals surface area contributed by atoms with Crippen LogP contribution in [-0.2, 0) is 19.1 Å². The van der Waals surface area contributed by atoms with Gasteiger partial charge < -0.3 is 14.6 Å². The summed E-state index contributed by atoms with van der Waals surface area (Å²) in [5.41, 5.74) is 1.62. The summed E-state index contributed by atoms with van der Waals surface area (Å²) in [4.78, 5) is 23.7. The van der Waals surface area contributed by atoms with Crippen LogP contribution in [0.2, 0.25) is 0 Å². The summed E-state index contributed by atoms with van der Waals surface area (Å²) >= 11 is 0. The molecule has 2 rings (SSSR count). The minimum atomic E-state index is -1.20. The lowest BCUT2D eigenvalue weighted by Crippen LogP contribution is -2.44. The van der Waals surface area contributed by atoms with E-state index < -0.39 is 23.6 Å². The summed E-state index contributed by atoms with van der Waals surface area (Å²) in [7, 11) is 0. The number of allylic oxidation sites excluding steroid dienone is 3. The molecule has 1 aliphatic carbocycles. The van der Waals surface area contributed by atoms with Gasteiger partial charge in [0.25, 0.3) is 0 Å². The van der Waals surface area contributed by atoms with Gasteiger partial charge >= 0.3 is 11.9 Å². The third kappa shape index (κ3) is 5.80. The van der Waals surface area contributed by atoms with Crippen LogP contribution in [0.25, 0.3) is 0 Å². The molecule has 0 radical (unpaired) electrons. The number of rotatable bonds is 1. The van der Waals surface area contributed by atoms with Crippen LogP contribution in [0.5, 0.6) is 0 Å². The van der Waals surface area contributed by atoms with Gasteiger partial charge in [-0.05, 0) is 52.9 Å². The van der Waals surface area contributed by atoms with Crippen molar-refractivity contribution in [3.05, 3.63) is 35.5 Å². The number of hydrogen-bond acceptors (Lipinski definition) is 5. The van der Waals surface area contributed by atoms with E-state index in [4.69, 9.17) is 9.47 Å². The molecule has 0 spiro atoms. The number of ether oxygens (including phenoxy) is 2. The summed E-state index contributed by atoms with van der Waals surface area (Å²) in [6.45, 7) is 11.0. The monoisotopic (exact) mass is 376 g/mol. The number of esters is 2. The maximum Gasteiger partial charge on any atom is 0.334 e. The van der Waals surface area contributed by atoms with E-state index in [1.165, 1.54) is 12.5 Å². The van der Waals surface area contributed by atoms with E-state index in [0.717, 1.165) is 18.4 Å². The van der Waals surface area contributed by atoms with E-state index in [9.17, 15) is 14.7 Å². The van der Waals surface area contributed by atoms with Crippen molar-refractivity contribution in [2.75, 3.05) is 0 Å². The van der Waals surface area contributed by atoms with Gasteiger partial charge in [-0.25, -0.2) is 4.79 Å². The van der Waals surface area contributed by atoms with E-state index in [1.54, 1.807) is 6.92 Å². The van der Waals surface area contributed by atoms with Crippen LogP contribution < -0.4 is 0 Å². The maximum atomic E-state index is 12.1. The zero-order valence-electron chi connectivity index (χ0n) is 16.9. The fourth-order valence-corrected chi connectivity index (χ4v) is 3.83. The lowest BCUT2D eigenvalue weighted by atomic mass is 9.81. The van der Waals surface area contributed by atoms with Crippen molar-refractivity contribution in [3.8, 4) is 0 Å². The first-order chi connectivity index (χ1) is 12.6. The molecule has 0 amide bonds. The van der Waals surface area contributed by atoms with Crippen molar-refractivity contribution in [1.82, 2.24) is 0 Å². The molecule has 1 fully saturated rings. The summed E-state index contributed by atoms with van der Waals surface area (Å²) < 4.78 is 11.0. The number of carbonyl (C=O) groups is 2. The molecule has 1 N–H and O–H groups in total. The van der Waals surface area contributed by atoms with Crippen LogP contribution in [0.15, 0.2) is 35.5 Å². The number of aliphatic hydroxyl groups is 1. The third-order valence-corrected chi connectivity index (χ3v) is 5.58. The van der Waals surface area contributed by atoms with Gasteiger partial charge in [0.05, 0.1) is 5.60 Å². The van der Waals surface area contributed by atoms with Crippen molar-refractivity contribution in [2.24, 2.45) is 5.92 Å². The Kier molecular flexibility index (Phi) is 7.04. The zero-order chi connectivity index (χ0) is 20.2. The molecule has 4 atom stereocenters. The second-order valence-electron chi connectivity index (χ2n) is 8.15. The highest BCUT2D eigenvalue weighted by Gasteiger charge is 2.44. The molecule has 2 aliphatic rings.